The molecule has 90 valence electrons. The molecule has 1 aromatic carbocycles. The molecule has 1 aliphatic heterocycles. The lowest BCUT2D eigenvalue weighted by Gasteiger charge is -2.19. The van der Waals surface area contributed by atoms with Gasteiger partial charge in [0.05, 0.1) is 5.69 Å². The van der Waals surface area contributed by atoms with Crippen LogP contribution in [0.5, 0.6) is 0 Å². The highest BCUT2D eigenvalue weighted by atomic mass is 35.5. The van der Waals surface area contributed by atoms with Crippen LogP contribution in [0, 0.1) is 0 Å². The Balaban J connectivity index is 2.45. The summed E-state index contributed by atoms with van der Waals surface area (Å²) in [7, 11) is 0. The molecule has 5 heteroatoms. The van der Waals surface area contributed by atoms with Gasteiger partial charge in [0.1, 0.15) is 0 Å². The fourth-order valence-electron chi connectivity index (χ4n) is 1.99. The summed E-state index contributed by atoms with van der Waals surface area (Å²) in [5, 5.41) is 0.481. The van der Waals surface area contributed by atoms with Crippen LogP contribution in [-0.2, 0) is 4.79 Å². The van der Waals surface area contributed by atoms with Gasteiger partial charge < -0.3 is 10.6 Å². The first kappa shape index (κ1) is 12.1. The molecule has 1 amide bonds. The molecule has 0 aliphatic carbocycles. The minimum atomic E-state index is -0.169. The Kier molecular flexibility index (Phi) is 3.17. The van der Waals surface area contributed by atoms with Crippen LogP contribution >= 0.6 is 11.6 Å². The summed E-state index contributed by atoms with van der Waals surface area (Å²) in [5.41, 5.74) is 6.79. The van der Waals surface area contributed by atoms with E-state index >= 15 is 0 Å². The van der Waals surface area contributed by atoms with Gasteiger partial charge in [0.2, 0.25) is 5.91 Å². The lowest BCUT2D eigenvalue weighted by molar-refractivity contribution is -0.117. The number of carbonyl (C=O) groups is 2. The third-order valence-corrected chi connectivity index (χ3v) is 3.02. The van der Waals surface area contributed by atoms with Crippen molar-refractivity contribution >= 4 is 29.0 Å². The van der Waals surface area contributed by atoms with Gasteiger partial charge in [-0.1, -0.05) is 11.6 Å². The Morgan fingerprint density at radius 2 is 2.24 bits per heavy atom. The lowest BCUT2D eigenvalue weighted by atomic mass is 10.1. The van der Waals surface area contributed by atoms with Crippen LogP contribution in [0.25, 0.3) is 0 Å². The molecule has 1 saturated heterocycles. The van der Waals surface area contributed by atoms with Crippen molar-refractivity contribution in [3.63, 3.8) is 0 Å². The van der Waals surface area contributed by atoms with Crippen molar-refractivity contribution in [2.24, 2.45) is 5.73 Å². The average Bonchev–Trinajstić information content (AvgIpc) is 2.57. The molecule has 1 heterocycles. The average molecular weight is 253 g/mol. The van der Waals surface area contributed by atoms with Crippen LogP contribution < -0.4 is 10.6 Å². The largest absolute Gasteiger partial charge is 0.326 e. The van der Waals surface area contributed by atoms with E-state index in [0.717, 1.165) is 0 Å². The minimum absolute atomic E-state index is 0.0534. The van der Waals surface area contributed by atoms with E-state index in [4.69, 9.17) is 17.3 Å². The number of halogens is 1. The molecule has 0 spiro atoms. The van der Waals surface area contributed by atoms with Crippen LogP contribution in [-0.4, -0.2) is 24.3 Å². The Labute approximate surface area is 104 Å². The first-order chi connectivity index (χ1) is 7.99. The Hall–Kier alpha value is -1.39. The van der Waals surface area contributed by atoms with Gasteiger partial charge in [-0.05, 0) is 25.1 Å². The predicted octanol–water partition coefficient (Wildman–Crippen LogP) is 1.61. The number of hydrogen-bond acceptors (Lipinski definition) is 3. The van der Waals surface area contributed by atoms with Crippen molar-refractivity contribution in [3.8, 4) is 0 Å². The fraction of sp³-hybridized carbons (Fsp3) is 0.333. The monoisotopic (exact) mass is 252 g/mol. The predicted molar refractivity (Wildman–Crippen MR) is 66.4 cm³/mol. The van der Waals surface area contributed by atoms with E-state index in [9.17, 15) is 9.59 Å². The van der Waals surface area contributed by atoms with Crippen molar-refractivity contribution in [2.75, 3.05) is 11.4 Å². The second kappa shape index (κ2) is 4.47. The van der Waals surface area contributed by atoms with Gasteiger partial charge in [-0.2, -0.15) is 0 Å². The van der Waals surface area contributed by atoms with E-state index in [1.165, 1.54) is 6.92 Å². The molecule has 4 nitrogen and oxygen atoms in total. The molecule has 2 N–H and O–H groups in total. The number of hydrogen-bond donors (Lipinski definition) is 1. The van der Waals surface area contributed by atoms with Gasteiger partial charge in [0.15, 0.2) is 5.78 Å². The van der Waals surface area contributed by atoms with Crippen LogP contribution in [0.3, 0.4) is 0 Å². The SMILES string of the molecule is CC(=O)c1cc(Cl)ccc1N1CC(N)CC1=O. The fourth-order valence-corrected chi connectivity index (χ4v) is 2.17. The number of anilines is 1. The zero-order chi connectivity index (χ0) is 12.6. The summed E-state index contributed by atoms with van der Waals surface area (Å²) in [6, 6.07) is 4.77. The van der Waals surface area contributed by atoms with Gasteiger partial charge >= 0.3 is 0 Å². The summed E-state index contributed by atoms with van der Waals surface area (Å²) < 4.78 is 0. The number of amides is 1. The molecule has 0 saturated carbocycles. The smallest absolute Gasteiger partial charge is 0.228 e. The first-order valence-electron chi connectivity index (χ1n) is 5.35. The number of Topliss-reactive ketones (excluding diaryl/α,β-unsaturated/α-hetero) is 1. The molecule has 1 aromatic rings. The second-order valence-electron chi connectivity index (χ2n) is 4.19. The highest BCUT2D eigenvalue weighted by Gasteiger charge is 2.30. The molecule has 1 aliphatic rings. The normalized spacial score (nSPS) is 19.8. The lowest BCUT2D eigenvalue weighted by Crippen LogP contribution is -2.29. The number of ketones is 1. The van der Waals surface area contributed by atoms with E-state index in [-0.39, 0.29) is 17.7 Å². The topological polar surface area (TPSA) is 63.4 Å². The molecule has 1 atom stereocenters. The van der Waals surface area contributed by atoms with E-state index < -0.39 is 0 Å². The molecule has 17 heavy (non-hydrogen) atoms. The van der Waals surface area contributed by atoms with Crippen molar-refractivity contribution in [1.29, 1.82) is 0 Å². The number of rotatable bonds is 2. The Morgan fingerprint density at radius 3 is 2.76 bits per heavy atom. The van der Waals surface area contributed by atoms with Crippen LogP contribution in [0.4, 0.5) is 5.69 Å². The maximum absolute atomic E-state index is 11.7. The highest BCUT2D eigenvalue weighted by Crippen LogP contribution is 2.28. The van der Waals surface area contributed by atoms with Gasteiger partial charge in [-0.3, -0.25) is 9.59 Å². The second-order valence-corrected chi connectivity index (χ2v) is 4.62. The van der Waals surface area contributed by atoms with Gasteiger partial charge in [-0.15, -0.1) is 0 Å². The summed E-state index contributed by atoms with van der Waals surface area (Å²) in [5.74, 6) is -0.168. The van der Waals surface area contributed by atoms with Crippen LogP contribution in [0.15, 0.2) is 18.2 Å². The number of nitrogens with two attached hydrogens (primary N) is 1. The summed E-state index contributed by atoms with van der Waals surface area (Å²) >= 11 is 5.85. The van der Waals surface area contributed by atoms with Crippen molar-refractivity contribution in [3.05, 3.63) is 28.8 Å². The first-order valence-corrected chi connectivity index (χ1v) is 5.73. The standard InChI is InChI=1S/C12H13ClN2O2/c1-7(16)10-4-8(13)2-3-11(10)15-6-9(14)5-12(15)17/h2-4,9H,5-6,14H2,1H3. The zero-order valence-electron chi connectivity index (χ0n) is 9.44. The molecular formula is C12H13ClN2O2. The molecule has 0 aromatic heterocycles. The third-order valence-electron chi connectivity index (χ3n) is 2.78. The Bertz CT molecular complexity index is 487. The van der Waals surface area contributed by atoms with Crippen LogP contribution in [0.1, 0.15) is 23.7 Å². The molecule has 0 bridgehead atoms. The number of benzene rings is 1. The van der Waals surface area contributed by atoms with E-state index in [2.05, 4.69) is 0 Å². The van der Waals surface area contributed by atoms with E-state index in [1.54, 1.807) is 23.1 Å². The number of nitrogens with zero attached hydrogens (tertiary/aromatic N) is 1. The third kappa shape index (κ3) is 2.33. The molecular weight excluding hydrogens is 240 g/mol. The quantitative estimate of drug-likeness (QED) is 0.814. The van der Waals surface area contributed by atoms with Gasteiger partial charge in [0, 0.05) is 29.6 Å². The van der Waals surface area contributed by atoms with Gasteiger partial charge in [-0.25, -0.2) is 0 Å². The van der Waals surface area contributed by atoms with Crippen molar-refractivity contribution < 1.29 is 9.59 Å². The summed E-state index contributed by atoms with van der Waals surface area (Å²) in [6.07, 6.45) is 0.319. The maximum Gasteiger partial charge on any atom is 0.228 e. The molecule has 2 rings (SSSR count). The van der Waals surface area contributed by atoms with E-state index in [1.807, 2.05) is 0 Å². The summed E-state index contributed by atoms with van der Waals surface area (Å²) in [4.78, 5) is 24.8. The highest BCUT2D eigenvalue weighted by molar-refractivity contribution is 6.31. The van der Waals surface area contributed by atoms with Crippen molar-refractivity contribution in [2.45, 2.75) is 19.4 Å². The molecule has 0 radical (unpaired) electrons. The van der Waals surface area contributed by atoms with Crippen LogP contribution in [0.2, 0.25) is 5.02 Å². The van der Waals surface area contributed by atoms with Gasteiger partial charge in [0.25, 0.3) is 0 Å². The van der Waals surface area contributed by atoms with Crippen molar-refractivity contribution in [1.82, 2.24) is 0 Å². The minimum Gasteiger partial charge on any atom is -0.326 e. The maximum atomic E-state index is 11.7. The molecule has 1 fully saturated rings. The van der Waals surface area contributed by atoms with E-state index in [0.29, 0.717) is 29.2 Å². The Morgan fingerprint density at radius 1 is 1.53 bits per heavy atom. The molecule has 1 unspecified atom stereocenters. The number of carbonyl (C=O) groups excluding carboxylic acids is 2. The summed E-state index contributed by atoms with van der Waals surface area (Å²) in [6.45, 7) is 1.90. The zero-order valence-corrected chi connectivity index (χ0v) is 10.2.